The fourth-order valence-corrected chi connectivity index (χ4v) is 3.20. The lowest BCUT2D eigenvalue weighted by molar-refractivity contribution is 0.197. The van der Waals surface area contributed by atoms with E-state index in [2.05, 4.69) is 21.8 Å². The van der Waals surface area contributed by atoms with Crippen LogP contribution in [0.2, 0.25) is 0 Å². The van der Waals surface area contributed by atoms with Gasteiger partial charge < -0.3 is 19.7 Å². The van der Waals surface area contributed by atoms with Crippen molar-refractivity contribution in [1.29, 1.82) is 0 Å². The van der Waals surface area contributed by atoms with Crippen molar-refractivity contribution < 1.29 is 14.2 Å². The van der Waals surface area contributed by atoms with Crippen molar-refractivity contribution in [2.24, 2.45) is 4.99 Å². The van der Waals surface area contributed by atoms with Gasteiger partial charge >= 0.3 is 0 Å². The van der Waals surface area contributed by atoms with Crippen LogP contribution in [0.4, 0.5) is 15.8 Å². The molecular formula is C21H24FN3O2. The quantitative estimate of drug-likeness (QED) is 0.460. The first-order chi connectivity index (χ1) is 13.0. The van der Waals surface area contributed by atoms with E-state index in [1.807, 2.05) is 25.1 Å². The van der Waals surface area contributed by atoms with Crippen molar-refractivity contribution in [2.45, 2.75) is 20.3 Å². The Balaban J connectivity index is 1.88. The van der Waals surface area contributed by atoms with Crippen LogP contribution >= 0.6 is 0 Å². The largest absolute Gasteiger partial charge is 0.494 e. The molecule has 2 aromatic carbocycles. The number of halogens is 1. The second-order valence-corrected chi connectivity index (χ2v) is 6.49. The third-order valence-corrected chi connectivity index (χ3v) is 4.42. The minimum absolute atomic E-state index is 0.0260. The Morgan fingerprint density at radius 1 is 1.26 bits per heavy atom. The van der Waals surface area contributed by atoms with Crippen molar-refractivity contribution in [3.05, 3.63) is 53.3 Å². The highest BCUT2D eigenvalue weighted by Gasteiger charge is 2.11. The lowest BCUT2D eigenvalue weighted by atomic mass is 10.1. The van der Waals surface area contributed by atoms with E-state index in [9.17, 15) is 9.50 Å². The van der Waals surface area contributed by atoms with Crippen LogP contribution in [0.3, 0.4) is 0 Å². The standard InChI is InChI=1S/C21H24FN3O2/c1-4-9-25(13-27-3)20-8-6-16(10-14(20)2)23-12-18-17-7-5-15(22)11-19(17)24-21(18)26/h5-8,10-12,24,26H,4,9,13H2,1-3H3. The molecule has 0 radical (unpaired) electrons. The van der Waals surface area contributed by atoms with Gasteiger partial charge in [-0.3, -0.25) is 4.99 Å². The zero-order valence-electron chi connectivity index (χ0n) is 15.8. The van der Waals surface area contributed by atoms with Gasteiger partial charge in [0.25, 0.3) is 0 Å². The van der Waals surface area contributed by atoms with E-state index in [1.54, 1.807) is 19.4 Å². The van der Waals surface area contributed by atoms with E-state index >= 15 is 0 Å². The van der Waals surface area contributed by atoms with Gasteiger partial charge in [0.1, 0.15) is 12.5 Å². The summed E-state index contributed by atoms with van der Waals surface area (Å²) in [6.45, 7) is 5.63. The van der Waals surface area contributed by atoms with Crippen molar-refractivity contribution >= 4 is 28.5 Å². The van der Waals surface area contributed by atoms with Gasteiger partial charge in [-0.2, -0.15) is 0 Å². The van der Waals surface area contributed by atoms with Crippen LogP contribution < -0.4 is 4.90 Å². The van der Waals surface area contributed by atoms with Crippen LogP contribution in [-0.4, -0.2) is 36.7 Å². The molecule has 3 aromatic rings. The SMILES string of the molecule is CCCN(COC)c1ccc(N=Cc2c(O)[nH]c3cc(F)ccc23)cc1C. The predicted octanol–water partition coefficient (Wildman–Crippen LogP) is 4.89. The molecule has 27 heavy (non-hydrogen) atoms. The number of hydrogen-bond acceptors (Lipinski definition) is 4. The molecule has 142 valence electrons. The number of hydrogen-bond donors (Lipinski definition) is 2. The summed E-state index contributed by atoms with van der Waals surface area (Å²) in [4.78, 5) is 9.44. The summed E-state index contributed by atoms with van der Waals surface area (Å²) in [5.41, 5.74) is 4.07. The fraction of sp³-hybridized carbons (Fsp3) is 0.286. The molecule has 0 aliphatic carbocycles. The van der Waals surface area contributed by atoms with Gasteiger partial charge in [-0.05, 0) is 55.3 Å². The van der Waals surface area contributed by atoms with Crippen LogP contribution in [0.15, 0.2) is 41.4 Å². The molecule has 0 saturated heterocycles. The number of nitrogens with zero attached hydrogens (tertiary/aromatic N) is 2. The molecule has 1 heterocycles. The highest BCUT2D eigenvalue weighted by Crippen LogP contribution is 2.28. The Bertz CT molecular complexity index is 959. The number of aromatic hydroxyl groups is 1. The molecule has 2 N–H and O–H groups in total. The molecule has 0 unspecified atom stereocenters. The normalized spacial score (nSPS) is 11.6. The van der Waals surface area contributed by atoms with E-state index in [0.717, 1.165) is 35.3 Å². The Labute approximate surface area is 158 Å². The average Bonchev–Trinajstić information content (AvgIpc) is 2.94. The summed E-state index contributed by atoms with van der Waals surface area (Å²) in [7, 11) is 1.69. The lowest BCUT2D eigenvalue weighted by Crippen LogP contribution is -2.26. The summed E-state index contributed by atoms with van der Waals surface area (Å²) in [6, 6.07) is 10.3. The van der Waals surface area contributed by atoms with Crippen LogP contribution in [0.5, 0.6) is 5.88 Å². The van der Waals surface area contributed by atoms with Crippen LogP contribution in [0.25, 0.3) is 10.9 Å². The molecule has 0 saturated carbocycles. The van der Waals surface area contributed by atoms with Gasteiger partial charge in [-0.15, -0.1) is 0 Å². The summed E-state index contributed by atoms with van der Waals surface area (Å²) >= 11 is 0. The molecule has 1 aromatic heterocycles. The molecule has 0 aliphatic rings. The van der Waals surface area contributed by atoms with Crippen molar-refractivity contribution in [2.75, 3.05) is 25.3 Å². The van der Waals surface area contributed by atoms with E-state index in [1.165, 1.54) is 12.1 Å². The van der Waals surface area contributed by atoms with E-state index in [-0.39, 0.29) is 11.7 Å². The molecule has 3 rings (SSSR count). The number of methoxy groups -OCH3 is 1. The summed E-state index contributed by atoms with van der Waals surface area (Å²) in [5, 5.41) is 10.8. The Hall–Kier alpha value is -2.86. The molecule has 0 aliphatic heterocycles. The number of fused-ring (bicyclic) bond motifs is 1. The monoisotopic (exact) mass is 369 g/mol. The summed E-state index contributed by atoms with van der Waals surface area (Å²) in [6.07, 6.45) is 2.63. The summed E-state index contributed by atoms with van der Waals surface area (Å²) in [5.74, 6) is -0.381. The summed E-state index contributed by atoms with van der Waals surface area (Å²) < 4.78 is 18.6. The van der Waals surface area contributed by atoms with Crippen LogP contribution in [0, 0.1) is 12.7 Å². The highest BCUT2D eigenvalue weighted by atomic mass is 19.1. The number of benzene rings is 2. The molecule has 0 spiro atoms. The highest BCUT2D eigenvalue weighted by molar-refractivity contribution is 6.02. The second-order valence-electron chi connectivity index (χ2n) is 6.49. The number of aryl methyl sites for hydroxylation is 1. The van der Waals surface area contributed by atoms with Crippen molar-refractivity contribution in [3.8, 4) is 5.88 Å². The van der Waals surface area contributed by atoms with Gasteiger partial charge in [0.05, 0.1) is 16.8 Å². The maximum Gasteiger partial charge on any atom is 0.198 e. The molecule has 6 heteroatoms. The number of rotatable bonds is 7. The number of nitrogens with one attached hydrogen (secondary N) is 1. The first kappa shape index (κ1) is 18.9. The number of H-pyrrole nitrogens is 1. The van der Waals surface area contributed by atoms with Gasteiger partial charge in [0, 0.05) is 30.9 Å². The first-order valence-corrected chi connectivity index (χ1v) is 8.92. The minimum Gasteiger partial charge on any atom is -0.494 e. The fourth-order valence-electron chi connectivity index (χ4n) is 3.20. The molecular weight excluding hydrogens is 345 g/mol. The molecule has 0 bridgehead atoms. The van der Waals surface area contributed by atoms with Crippen LogP contribution in [0.1, 0.15) is 24.5 Å². The topological polar surface area (TPSA) is 60.9 Å². The van der Waals surface area contributed by atoms with Crippen LogP contribution in [-0.2, 0) is 4.74 Å². The van der Waals surface area contributed by atoms with Gasteiger partial charge in [-0.25, -0.2) is 4.39 Å². The first-order valence-electron chi connectivity index (χ1n) is 8.92. The van der Waals surface area contributed by atoms with Gasteiger partial charge in [-0.1, -0.05) is 6.92 Å². The molecule has 0 fully saturated rings. The predicted molar refractivity (Wildman–Crippen MR) is 108 cm³/mol. The van der Waals surface area contributed by atoms with Crippen molar-refractivity contribution in [1.82, 2.24) is 4.98 Å². The number of aromatic amines is 1. The zero-order valence-corrected chi connectivity index (χ0v) is 15.8. The zero-order chi connectivity index (χ0) is 19.4. The third-order valence-electron chi connectivity index (χ3n) is 4.42. The number of anilines is 1. The van der Waals surface area contributed by atoms with E-state index < -0.39 is 0 Å². The lowest BCUT2D eigenvalue weighted by Gasteiger charge is -2.25. The second kappa shape index (κ2) is 8.22. The Morgan fingerprint density at radius 3 is 2.78 bits per heavy atom. The number of ether oxygens (including phenoxy) is 1. The minimum atomic E-state index is -0.355. The molecule has 5 nitrogen and oxygen atoms in total. The average molecular weight is 369 g/mol. The number of aliphatic imine (C=N–C) groups is 1. The Kier molecular flexibility index (Phi) is 5.76. The molecule has 0 amide bonds. The molecule has 0 atom stereocenters. The van der Waals surface area contributed by atoms with E-state index in [0.29, 0.717) is 17.8 Å². The van der Waals surface area contributed by atoms with Crippen molar-refractivity contribution in [3.63, 3.8) is 0 Å². The smallest absolute Gasteiger partial charge is 0.198 e. The van der Waals surface area contributed by atoms with Gasteiger partial charge in [0.2, 0.25) is 0 Å². The Morgan fingerprint density at radius 2 is 2.07 bits per heavy atom. The maximum atomic E-state index is 13.3. The maximum absolute atomic E-state index is 13.3. The van der Waals surface area contributed by atoms with Gasteiger partial charge in [0.15, 0.2) is 5.88 Å². The number of aromatic nitrogens is 1. The third kappa shape index (κ3) is 4.11. The van der Waals surface area contributed by atoms with E-state index in [4.69, 9.17) is 4.74 Å².